The molecule has 0 aliphatic heterocycles. The standard InChI is InChI=1S/C12H14N2O3S/c1-13(2)11(15)17-8-7-14-9-5-3-4-6-10(9)18-12(14)16/h3-6H,7-8H2,1-2H3. The van der Waals surface area contributed by atoms with E-state index >= 15 is 0 Å². The number of benzene rings is 1. The van der Waals surface area contributed by atoms with E-state index in [1.54, 1.807) is 18.7 Å². The number of ether oxygens (including phenoxy) is 1. The van der Waals surface area contributed by atoms with E-state index in [9.17, 15) is 9.59 Å². The van der Waals surface area contributed by atoms with E-state index in [0.29, 0.717) is 6.54 Å². The van der Waals surface area contributed by atoms with E-state index in [2.05, 4.69) is 0 Å². The second-order valence-corrected chi connectivity index (χ2v) is 4.99. The maximum Gasteiger partial charge on any atom is 0.409 e. The van der Waals surface area contributed by atoms with Crippen LogP contribution in [0.15, 0.2) is 29.1 Å². The zero-order valence-electron chi connectivity index (χ0n) is 10.3. The Morgan fingerprint density at radius 2 is 2.11 bits per heavy atom. The summed E-state index contributed by atoms with van der Waals surface area (Å²) in [4.78, 5) is 24.3. The number of fused-ring (bicyclic) bond motifs is 1. The van der Waals surface area contributed by atoms with Crippen LogP contribution in [0.5, 0.6) is 0 Å². The van der Waals surface area contributed by atoms with Gasteiger partial charge in [-0.2, -0.15) is 0 Å². The van der Waals surface area contributed by atoms with Gasteiger partial charge in [-0.3, -0.25) is 9.36 Å². The first kappa shape index (κ1) is 12.6. The average Bonchev–Trinajstić information content (AvgIpc) is 2.65. The first-order chi connectivity index (χ1) is 8.59. The Morgan fingerprint density at radius 3 is 2.83 bits per heavy atom. The number of amides is 1. The lowest BCUT2D eigenvalue weighted by molar-refractivity contribution is 0.115. The van der Waals surface area contributed by atoms with Crippen LogP contribution >= 0.6 is 11.3 Å². The summed E-state index contributed by atoms with van der Waals surface area (Å²) in [6, 6.07) is 7.58. The molecule has 0 N–H and O–H groups in total. The van der Waals surface area contributed by atoms with Crippen LogP contribution in [-0.2, 0) is 11.3 Å². The summed E-state index contributed by atoms with van der Waals surface area (Å²) in [5.74, 6) is 0. The molecular formula is C12H14N2O3S. The van der Waals surface area contributed by atoms with Crippen LogP contribution in [-0.4, -0.2) is 36.3 Å². The molecular weight excluding hydrogens is 252 g/mol. The first-order valence-electron chi connectivity index (χ1n) is 5.52. The maximum atomic E-state index is 11.8. The molecule has 0 saturated carbocycles. The Hall–Kier alpha value is -1.82. The number of carbonyl (C=O) groups excluding carboxylic acids is 1. The van der Waals surface area contributed by atoms with Gasteiger partial charge >= 0.3 is 11.0 Å². The molecule has 0 aliphatic carbocycles. The summed E-state index contributed by atoms with van der Waals surface area (Å²) in [6.45, 7) is 0.570. The highest BCUT2D eigenvalue weighted by atomic mass is 32.1. The van der Waals surface area contributed by atoms with Gasteiger partial charge in [-0.05, 0) is 12.1 Å². The van der Waals surface area contributed by atoms with E-state index in [4.69, 9.17) is 4.74 Å². The van der Waals surface area contributed by atoms with Crippen LogP contribution in [0.2, 0.25) is 0 Å². The SMILES string of the molecule is CN(C)C(=O)OCCn1c(=O)sc2ccccc21. The lowest BCUT2D eigenvalue weighted by Gasteiger charge is -2.11. The van der Waals surface area contributed by atoms with Gasteiger partial charge in [0.2, 0.25) is 0 Å². The lowest BCUT2D eigenvalue weighted by Crippen LogP contribution is -2.25. The number of para-hydroxylation sites is 1. The Balaban J connectivity index is 2.10. The fourth-order valence-corrected chi connectivity index (χ4v) is 2.50. The van der Waals surface area contributed by atoms with Gasteiger partial charge in [-0.1, -0.05) is 23.5 Å². The number of rotatable bonds is 3. The van der Waals surface area contributed by atoms with Gasteiger partial charge in [0.1, 0.15) is 6.61 Å². The Labute approximate surface area is 108 Å². The molecule has 0 aliphatic rings. The van der Waals surface area contributed by atoms with Crippen LogP contribution < -0.4 is 4.87 Å². The van der Waals surface area contributed by atoms with Gasteiger partial charge < -0.3 is 9.64 Å². The fourth-order valence-electron chi connectivity index (χ4n) is 1.58. The van der Waals surface area contributed by atoms with Crippen molar-refractivity contribution in [2.45, 2.75) is 6.54 Å². The molecule has 5 nitrogen and oxygen atoms in total. The van der Waals surface area contributed by atoms with Gasteiger partial charge in [0, 0.05) is 14.1 Å². The summed E-state index contributed by atoms with van der Waals surface area (Å²) in [5.41, 5.74) is 0.883. The van der Waals surface area contributed by atoms with Crippen molar-refractivity contribution in [3.8, 4) is 0 Å². The largest absolute Gasteiger partial charge is 0.448 e. The molecule has 0 atom stereocenters. The molecule has 1 amide bonds. The van der Waals surface area contributed by atoms with E-state index < -0.39 is 6.09 Å². The summed E-state index contributed by atoms with van der Waals surface area (Å²) in [5, 5.41) is 0. The van der Waals surface area contributed by atoms with Gasteiger partial charge in [-0.25, -0.2) is 4.79 Å². The van der Waals surface area contributed by atoms with Crippen molar-refractivity contribution in [3.05, 3.63) is 33.9 Å². The third-order valence-corrected chi connectivity index (χ3v) is 3.44. The molecule has 2 rings (SSSR count). The van der Waals surface area contributed by atoms with Gasteiger partial charge in [0.25, 0.3) is 0 Å². The van der Waals surface area contributed by atoms with Crippen molar-refractivity contribution in [3.63, 3.8) is 0 Å². The minimum absolute atomic E-state index is 0.0305. The molecule has 6 heteroatoms. The van der Waals surface area contributed by atoms with E-state index in [-0.39, 0.29) is 11.5 Å². The Kier molecular flexibility index (Phi) is 3.66. The van der Waals surface area contributed by atoms with Crippen molar-refractivity contribution in [1.82, 2.24) is 9.47 Å². The topological polar surface area (TPSA) is 51.5 Å². The zero-order chi connectivity index (χ0) is 13.1. The number of hydrogen-bond donors (Lipinski definition) is 0. The van der Waals surface area contributed by atoms with Crippen molar-refractivity contribution >= 4 is 27.6 Å². The molecule has 0 bridgehead atoms. The van der Waals surface area contributed by atoms with Crippen LogP contribution in [0.3, 0.4) is 0 Å². The van der Waals surface area contributed by atoms with E-state index in [1.807, 2.05) is 24.3 Å². The molecule has 0 unspecified atom stereocenters. The van der Waals surface area contributed by atoms with Crippen LogP contribution in [0.4, 0.5) is 4.79 Å². The lowest BCUT2D eigenvalue weighted by atomic mass is 10.3. The van der Waals surface area contributed by atoms with Gasteiger partial charge in [-0.15, -0.1) is 0 Å². The van der Waals surface area contributed by atoms with Gasteiger partial charge in [0.15, 0.2) is 0 Å². The first-order valence-corrected chi connectivity index (χ1v) is 6.33. The molecule has 1 heterocycles. The minimum atomic E-state index is -0.400. The number of hydrogen-bond acceptors (Lipinski definition) is 4. The molecule has 0 saturated heterocycles. The highest BCUT2D eigenvalue weighted by molar-refractivity contribution is 7.16. The summed E-state index contributed by atoms with van der Waals surface area (Å²) in [7, 11) is 3.24. The number of carbonyl (C=O) groups is 1. The molecule has 1 aromatic carbocycles. The highest BCUT2D eigenvalue weighted by Crippen LogP contribution is 2.16. The smallest absolute Gasteiger partial charge is 0.409 e. The molecule has 0 spiro atoms. The second kappa shape index (κ2) is 5.22. The third-order valence-electron chi connectivity index (χ3n) is 2.48. The van der Waals surface area contributed by atoms with Crippen LogP contribution in [0.25, 0.3) is 10.2 Å². The van der Waals surface area contributed by atoms with E-state index in [0.717, 1.165) is 10.2 Å². The summed E-state index contributed by atoms with van der Waals surface area (Å²) >= 11 is 1.20. The fraction of sp³-hybridized carbons (Fsp3) is 0.333. The Bertz CT molecular complexity index is 615. The van der Waals surface area contributed by atoms with Crippen molar-refractivity contribution in [2.24, 2.45) is 0 Å². The minimum Gasteiger partial charge on any atom is -0.448 e. The molecule has 18 heavy (non-hydrogen) atoms. The average molecular weight is 266 g/mol. The predicted octanol–water partition coefficient (Wildman–Crippen LogP) is 1.76. The summed E-state index contributed by atoms with van der Waals surface area (Å²) < 4.78 is 7.59. The van der Waals surface area contributed by atoms with Crippen LogP contribution in [0, 0.1) is 0 Å². The van der Waals surface area contributed by atoms with E-state index in [1.165, 1.54) is 16.2 Å². The Morgan fingerprint density at radius 1 is 1.39 bits per heavy atom. The predicted molar refractivity (Wildman–Crippen MR) is 71.1 cm³/mol. The van der Waals surface area contributed by atoms with Crippen molar-refractivity contribution in [1.29, 1.82) is 0 Å². The number of aromatic nitrogens is 1. The normalized spacial score (nSPS) is 10.6. The molecule has 0 radical (unpaired) electrons. The maximum absolute atomic E-state index is 11.8. The van der Waals surface area contributed by atoms with Gasteiger partial charge in [0.05, 0.1) is 16.8 Å². The third kappa shape index (κ3) is 2.53. The number of nitrogens with zero attached hydrogens (tertiary/aromatic N) is 2. The molecule has 2 aromatic rings. The molecule has 96 valence electrons. The number of thiazole rings is 1. The molecule has 1 aromatic heterocycles. The molecule has 0 fully saturated rings. The highest BCUT2D eigenvalue weighted by Gasteiger charge is 2.08. The van der Waals surface area contributed by atoms with Crippen molar-refractivity contribution < 1.29 is 9.53 Å². The second-order valence-electron chi connectivity index (χ2n) is 4.00. The van der Waals surface area contributed by atoms with Crippen molar-refractivity contribution in [2.75, 3.05) is 20.7 Å². The van der Waals surface area contributed by atoms with Crippen LogP contribution in [0.1, 0.15) is 0 Å². The monoisotopic (exact) mass is 266 g/mol. The quantitative estimate of drug-likeness (QED) is 0.850. The summed E-state index contributed by atoms with van der Waals surface area (Å²) in [6.07, 6.45) is -0.400. The zero-order valence-corrected chi connectivity index (χ0v) is 11.1.